The predicted molar refractivity (Wildman–Crippen MR) is 71.6 cm³/mol. The number of rotatable bonds is 2. The van der Waals surface area contributed by atoms with Crippen LogP contribution in [0.15, 0.2) is 30.3 Å². The van der Waals surface area contributed by atoms with Gasteiger partial charge in [0.1, 0.15) is 5.75 Å². The van der Waals surface area contributed by atoms with Crippen LogP contribution >= 0.6 is 0 Å². The van der Waals surface area contributed by atoms with Crippen LogP contribution in [0.2, 0.25) is 0 Å². The Morgan fingerprint density at radius 3 is 2.61 bits per heavy atom. The van der Waals surface area contributed by atoms with E-state index in [1.807, 2.05) is 18.2 Å². The maximum Gasteiger partial charge on any atom is 0.412 e. The number of hydrogen-bond donors (Lipinski definition) is 1. The zero-order valence-electron chi connectivity index (χ0n) is 11.1. The number of ether oxygens (including phenoxy) is 1. The summed E-state index contributed by atoms with van der Waals surface area (Å²) in [7, 11) is 0. The summed E-state index contributed by atoms with van der Waals surface area (Å²) in [6, 6.07) is 9.42. The first-order chi connectivity index (χ1) is 8.65. The molecule has 98 valence electrons. The average molecular weight is 247 g/mol. The zero-order valence-corrected chi connectivity index (χ0v) is 11.1. The molecule has 3 unspecified atom stereocenters. The molecule has 0 spiro atoms. The van der Waals surface area contributed by atoms with Gasteiger partial charge in [-0.2, -0.15) is 0 Å². The summed E-state index contributed by atoms with van der Waals surface area (Å²) in [5.41, 5.74) is 0. The molecule has 1 saturated carbocycles. The zero-order chi connectivity index (χ0) is 13.0. The highest BCUT2D eigenvalue weighted by Crippen LogP contribution is 2.28. The van der Waals surface area contributed by atoms with E-state index in [0.29, 0.717) is 11.7 Å². The Morgan fingerprint density at radius 2 is 1.94 bits per heavy atom. The Bertz CT molecular complexity index is 391. The molecule has 1 fully saturated rings. The highest BCUT2D eigenvalue weighted by molar-refractivity contribution is 5.70. The van der Waals surface area contributed by atoms with Gasteiger partial charge in [0, 0.05) is 6.04 Å². The number of hydrogen-bond acceptors (Lipinski definition) is 2. The molecular formula is C15H21NO2. The van der Waals surface area contributed by atoms with Crippen molar-refractivity contribution in [3.63, 3.8) is 0 Å². The Morgan fingerprint density at radius 1 is 1.22 bits per heavy atom. The van der Waals surface area contributed by atoms with Crippen molar-refractivity contribution in [3.05, 3.63) is 30.3 Å². The van der Waals surface area contributed by atoms with Gasteiger partial charge in [-0.15, -0.1) is 0 Å². The number of nitrogens with one attached hydrogen (secondary N) is 1. The smallest absolute Gasteiger partial charge is 0.410 e. The van der Waals surface area contributed by atoms with Gasteiger partial charge in [0.05, 0.1) is 0 Å². The van der Waals surface area contributed by atoms with Gasteiger partial charge in [0.15, 0.2) is 0 Å². The van der Waals surface area contributed by atoms with Gasteiger partial charge in [0.25, 0.3) is 0 Å². The Kier molecular flexibility index (Phi) is 4.24. The van der Waals surface area contributed by atoms with Crippen molar-refractivity contribution in [2.75, 3.05) is 0 Å². The first-order valence-electron chi connectivity index (χ1n) is 6.68. The monoisotopic (exact) mass is 247 g/mol. The third kappa shape index (κ3) is 3.49. The molecule has 0 radical (unpaired) electrons. The minimum absolute atomic E-state index is 0.248. The van der Waals surface area contributed by atoms with Crippen LogP contribution in [0.5, 0.6) is 5.75 Å². The van der Waals surface area contributed by atoms with Crippen LogP contribution in [0, 0.1) is 11.8 Å². The number of carbonyl (C=O) groups excluding carboxylic acids is 1. The molecule has 1 N–H and O–H groups in total. The topological polar surface area (TPSA) is 38.3 Å². The van der Waals surface area contributed by atoms with Crippen molar-refractivity contribution in [2.24, 2.45) is 11.8 Å². The maximum absolute atomic E-state index is 11.8. The fraction of sp³-hybridized carbons (Fsp3) is 0.533. The molecule has 0 saturated heterocycles. The molecule has 0 bridgehead atoms. The second-order valence-corrected chi connectivity index (χ2v) is 5.35. The summed E-state index contributed by atoms with van der Waals surface area (Å²) in [4.78, 5) is 11.8. The fourth-order valence-electron chi connectivity index (χ4n) is 2.66. The van der Waals surface area contributed by atoms with Gasteiger partial charge in [-0.3, -0.25) is 0 Å². The summed E-state index contributed by atoms with van der Waals surface area (Å²) in [6.45, 7) is 4.47. The van der Waals surface area contributed by atoms with Gasteiger partial charge in [0.2, 0.25) is 0 Å². The van der Waals surface area contributed by atoms with E-state index in [0.717, 1.165) is 12.3 Å². The average Bonchev–Trinajstić information content (AvgIpc) is 2.34. The molecule has 3 nitrogen and oxygen atoms in total. The van der Waals surface area contributed by atoms with Crippen molar-refractivity contribution in [1.82, 2.24) is 5.32 Å². The number of benzene rings is 1. The van der Waals surface area contributed by atoms with Gasteiger partial charge in [-0.05, 0) is 43.2 Å². The lowest BCUT2D eigenvalue weighted by atomic mass is 9.80. The third-order valence-corrected chi connectivity index (χ3v) is 3.69. The van der Waals surface area contributed by atoms with Crippen molar-refractivity contribution < 1.29 is 9.53 Å². The van der Waals surface area contributed by atoms with Crippen LogP contribution in [-0.2, 0) is 0 Å². The largest absolute Gasteiger partial charge is 0.412 e. The SMILES string of the molecule is CC1CCC(NC(=O)Oc2ccccc2)C(C)C1. The first kappa shape index (κ1) is 12.9. The van der Waals surface area contributed by atoms with Crippen LogP contribution in [-0.4, -0.2) is 12.1 Å². The Hall–Kier alpha value is -1.51. The quantitative estimate of drug-likeness (QED) is 0.867. The summed E-state index contributed by atoms with van der Waals surface area (Å²) in [6.07, 6.45) is 3.07. The molecule has 18 heavy (non-hydrogen) atoms. The van der Waals surface area contributed by atoms with E-state index < -0.39 is 0 Å². The molecule has 3 atom stereocenters. The van der Waals surface area contributed by atoms with E-state index >= 15 is 0 Å². The standard InChI is InChI=1S/C15H21NO2/c1-11-8-9-14(12(2)10-11)16-15(17)18-13-6-4-3-5-7-13/h3-7,11-12,14H,8-10H2,1-2H3,(H,16,17). The van der Waals surface area contributed by atoms with Crippen LogP contribution in [0.1, 0.15) is 33.1 Å². The van der Waals surface area contributed by atoms with E-state index in [-0.39, 0.29) is 12.1 Å². The van der Waals surface area contributed by atoms with Crippen molar-refractivity contribution >= 4 is 6.09 Å². The second kappa shape index (κ2) is 5.89. The van der Waals surface area contributed by atoms with E-state index in [9.17, 15) is 4.79 Å². The highest BCUT2D eigenvalue weighted by Gasteiger charge is 2.26. The summed E-state index contributed by atoms with van der Waals surface area (Å²) < 4.78 is 5.24. The van der Waals surface area contributed by atoms with E-state index in [4.69, 9.17) is 4.74 Å². The summed E-state index contributed by atoms with van der Waals surface area (Å²) in [5.74, 6) is 1.88. The van der Waals surface area contributed by atoms with Crippen molar-refractivity contribution in [3.8, 4) is 5.75 Å². The fourth-order valence-corrected chi connectivity index (χ4v) is 2.66. The lowest BCUT2D eigenvalue weighted by molar-refractivity contribution is 0.175. The molecule has 0 aromatic heterocycles. The van der Waals surface area contributed by atoms with E-state index in [1.165, 1.54) is 12.8 Å². The van der Waals surface area contributed by atoms with Crippen molar-refractivity contribution in [1.29, 1.82) is 0 Å². The molecule has 1 aliphatic carbocycles. The van der Waals surface area contributed by atoms with E-state index in [1.54, 1.807) is 12.1 Å². The lowest BCUT2D eigenvalue weighted by Crippen LogP contribution is -2.43. The van der Waals surface area contributed by atoms with Crippen LogP contribution < -0.4 is 10.1 Å². The summed E-state index contributed by atoms with van der Waals surface area (Å²) in [5, 5.41) is 2.98. The minimum Gasteiger partial charge on any atom is -0.410 e. The number of para-hydroxylation sites is 1. The van der Waals surface area contributed by atoms with Gasteiger partial charge < -0.3 is 10.1 Å². The van der Waals surface area contributed by atoms with Crippen LogP contribution in [0.4, 0.5) is 4.79 Å². The maximum atomic E-state index is 11.8. The number of carbonyl (C=O) groups is 1. The highest BCUT2D eigenvalue weighted by atomic mass is 16.6. The third-order valence-electron chi connectivity index (χ3n) is 3.69. The lowest BCUT2D eigenvalue weighted by Gasteiger charge is -2.32. The molecule has 1 aromatic carbocycles. The normalized spacial score (nSPS) is 27.6. The van der Waals surface area contributed by atoms with Crippen molar-refractivity contribution in [2.45, 2.75) is 39.2 Å². The first-order valence-corrected chi connectivity index (χ1v) is 6.68. The molecule has 1 aromatic rings. The molecule has 3 heteroatoms. The molecule has 1 aliphatic rings. The second-order valence-electron chi connectivity index (χ2n) is 5.35. The number of amides is 1. The molecule has 0 heterocycles. The van der Waals surface area contributed by atoms with Crippen LogP contribution in [0.3, 0.4) is 0 Å². The predicted octanol–water partition coefficient (Wildman–Crippen LogP) is 3.60. The molecule has 1 amide bonds. The van der Waals surface area contributed by atoms with Gasteiger partial charge >= 0.3 is 6.09 Å². The molecular weight excluding hydrogens is 226 g/mol. The Balaban J connectivity index is 1.84. The van der Waals surface area contributed by atoms with Gasteiger partial charge in [-0.25, -0.2) is 4.79 Å². The molecule has 2 rings (SSSR count). The molecule has 0 aliphatic heterocycles. The van der Waals surface area contributed by atoms with Crippen LogP contribution in [0.25, 0.3) is 0 Å². The Labute approximate surface area is 109 Å². The minimum atomic E-state index is -0.340. The van der Waals surface area contributed by atoms with E-state index in [2.05, 4.69) is 19.2 Å². The summed E-state index contributed by atoms with van der Waals surface area (Å²) >= 11 is 0. The van der Waals surface area contributed by atoms with Gasteiger partial charge in [-0.1, -0.05) is 32.0 Å².